The van der Waals surface area contributed by atoms with E-state index in [1.165, 1.54) is 52.7 Å². The predicted octanol–water partition coefficient (Wildman–Crippen LogP) is 5.10. The van der Waals surface area contributed by atoms with E-state index >= 15 is 0 Å². The molecule has 14 nitrogen and oxygen atoms in total. The number of hydrogen-bond acceptors (Lipinski definition) is 12. The number of nitro benzene ring substituents is 1. The van der Waals surface area contributed by atoms with Crippen LogP contribution in [0.1, 0.15) is 42.3 Å². The molecule has 0 bridgehead atoms. The number of ether oxygens (including phenoxy) is 7. The van der Waals surface area contributed by atoms with Crippen LogP contribution in [0.3, 0.4) is 0 Å². The number of esters is 1. The fraction of sp³-hybridized carbons (Fsp3) is 0.382. The molecule has 0 aliphatic carbocycles. The Hall–Kier alpha value is -5.53. The second-order valence-corrected chi connectivity index (χ2v) is 11.8. The van der Waals surface area contributed by atoms with Crippen molar-refractivity contribution >= 4 is 23.5 Å². The van der Waals surface area contributed by atoms with E-state index < -0.39 is 34.5 Å². The van der Waals surface area contributed by atoms with E-state index in [1.807, 2.05) is 0 Å². The Morgan fingerprint density at radius 3 is 2.15 bits per heavy atom. The van der Waals surface area contributed by atoms with Crippen LogP contribution in [0.5, 0.6) is 34.5 Å². The normalized spacial score (nSPS) is 14.5. The molecule has 256 valence electrons. The number of rotatable bonds is 12. The Morgan fingerprint density at radius 1 is 0.917 bits per heavy atom. The van der Waals surface area contributed by atoms with E-state index in [-0.39, 0.29) is 59.5 Å². The Balaban J connectivity index is 1.58. The van der Waals surface area contributed by atoms with Gasteiger partial charge in [0.15, 0.2) is 28.8 Å². The molecule has 1 unspecified atom stereocenters. The fourth-order valence-electron chi connectivity index (χ4n) is 5.13. The molecule has 0 fully saturated rings. The summed E-state index contributed by atoms with van der Waals surface area (Å²) >= 11 is 0. The van der Waals surface area contributed by atoms with E-state index in [4.69, 9.17) is 33.2 Å². The zero-order chi connectivity index (χ0) is 35.2. The molecule has 0 spiro atoms. The summed E-state index contributed by atoms with van der Waals surface area (Å²) in [4.78, 5) is 50.5. The van der Waals surface area contributed by atoms with Gasteiger partial charge in [-0.15, -0.1) is 0 Å². The number of carbonyl (C=O) groups excluding carboxylic acids is 3. The molecule has 1 aliphatic rings. The summed E-state index contributed by atoms with van der Waals surface area (Å²) < 4.78 is 38.8. The highest BCUT2D eigenvalue weighted by atomic mass is 16.6. The molecule has 14 heteroatoms. The number of nitrogens with zero attached hydrogens (tertiary/aromatic N) is 1. The van der Waals surface area contributed by atoms with Crippen molar-refractivity contribution in [2.45, 2.75) is 45.3 Å². The molecule has 3 aromatic carbocycles. The fourth-order valence-corrected chi connectivity index (χ4v) is 5.13. The van der Waals surface area contributed by atoms with Crippen LogP contribution in [0.25, 0.3) is 0 Å². The van der Waals surface area contributed by atoms with Gasteiger partial charge in [0.2, 0.25) is 5.75 Å². The van der Waals surface area contributed by atoms with Gasteiger partial charge in [-0.2, -0.15) is 0 Å². The van der Waals surface area contributed by atoms with E-state index in [0.717, 1.165) is 0 Å². The largest absolute Gasteiger partial charge is 0.493 e. The first kappa shape index (κ1) is 35.3. The lowest BCUT2D eigenvalue weighted by molar-refractivity contribution is -0.384. The number of benzene rings is 3. The van der Waals surface area contributed by atoms with E-state index in [1.54, 1.807) is 45.0 Å². The molecular formula is C34H38N2O12. The lowest BCUT2D eigenvalue weighted by atomic mass is 9.88. The highest BCUT2D eigenvalue weighted by molar-refractivity contribution is 6.05. The minimum Gasteiger partial charge on any atom is -0.493 e. The van der Waals surface area contributed by atoms with Crippen molar-refractivity contribution < 1.29 is 52.5 Å². The number of hydrogen-bond donors (Lipinski definition) is 1. The van der Waals surface area contributed by atoms with Gasteiger partial charge in [0.1, 0.15) is 23.0 Å². The Labute approximate surface area is 277 Å². The van der Waals surface area contributed by atoms with Gasteiger partial charge in [-0.25, -0.2) is 9.59 Å². The molecule has 0 saturated heterocycles. The summed E-state index contributed by atoms with van der Waals surface area (Å²) in [5.74, 6) is -0.284. The third-order valence-corrected chi connectivity index (χ3v) is 7.33. The van der Waals surface area contributed by atoms with Crippen LogP contribution in [0.2, 0.25) is 0 Å². The van der Waals surface area contributed by atoms with Crippen LogP contribution < -0.4 is 33.7 Å². The molecule has 1 heterocycles. The maximum Gasteiger partial charge on any atom is 0.408 e. The molecule has 4 rings (SSSR count). The summed E-state index contributed by atoms with van der Waals surface area (Å²) in [5.41, 5.74) is 0.428. The Kier molecular flexibility index (Phi) is 11.0. The maximum atomic E-state index is 13.7. The molecule has 1 aliphatic heterocycles. The molecule has 0 radical (unpaired) electrons. The van der Waals surface area contributed by atoms with Gasteiger partial charge in [-0.3, -0.25) is 14.9 Å². The monoisotopic (exact) mass is 666 g/mol. The lowest BCUT2D eigenvalue weighted by Gasteiger charge is -2.27. The Bertz CT molecular complexity index is 1680. The number of methoxy groups -OCH3 is 4. The van der Waals surface area contributed by atoms with Crippen LogP contribution >= 0.6 is 0 Å². The number of nitrogens with one attached hydrogen (secondary N) is 1. The van der Waals surface area contributed by atoms with Crippen molar-refractivity contribution in [2.24, 2.45) is 5.92 Å². The summed E-state index contributed by atoms with van der Waals surface area (Å²) in [6.45, 7) is 5.10. The zero-order valence-corrected chi connectivity index (χ0v) is 27.7. The number of alkyl carbamates (subject to hydrolysis) is 1. The van der Waals surface area contributed by atoms with Gasteiger partial charge in [-0.1, -0.05) is 18.2 Å². The first-order valence-corrected chi connectivity index (χ1v) is 14.9. The maximum absolute atomic E-state index is 13.7. The number of fused-ring (bicyclic) bond motifs is 1. The average molecular weight is 667 g/mol. The third-order valence-electron chi connectivity index (χ3n) is 7.33. The van der Waals surface area contributed by atoms with Gasteiger partial charge in [0.05, 0.1) is 45.9 Å². The first-order valence-electron chi connectivity index (χ1n) is 14.9. The number of ketones is 1. The number of Topliss-reactive ketones (excluding diaryl/α,β-unsaturated/α-hetero) is 1. The smallest absolute Gasteiger partial charge is 0.408 e. The van der Waals surface area contributed by atoms with Crippen LogP contribution in [0.15, 0.2) is 48.5 Å². The van der Waals surface area contributed by atoms with E-state index in [9.17, 15) is 24.5 Å². The van der Waals surface area contributed by atoms with Crippen LogP contribution in [-0.2, 0) is 22.4 Å². The number of amides is 1. The number of carbonyl (C=O) groups is 3. The highest BCUT2D eigenvalue weighted by Crippen LogP contribution is 2.47. The quantitative estimate of drug-likeness (QED) is 0.117. The summed E-state index contributed by atoms with van der Waals surface area (Å²) in [5, 5.41) is 13.6. The second-order valence-electron chi connectivity index (χ2n) is 11.8. The molecule has 0 saturated carbocycles. The van der Waals surface area contributed by atoms with Crippen molar-refractivity contribution in [3.05, 3.63) is 75.3 Å². The summed E-state index contributed by atoms with van der Waals surface area (Å²) in [6.07, 6.45) is -0.693. The molecule has 48 heavy (non-hydrogen) atoms. The van der Waals surface area contributed by atoms with Crippen molar-refractivity contribution in [1.29, 1.82) is 0 Å². The summed E-state index contributed by atoms with van der Waals surface area (Å²) in [7, 11) is 5.74. The van der Waals surface area contributed by atoms with Gasteiger partial charge in [0, 0.05) is 24.6 Å². The standard InChI is InChI=1S/C34H38N2O12/c1-34(2,3)48-33(39)35-23(15-19-8-11-22(12-9-19)36(40)41)32(38)47-25-16-20(10-13-24(25)42-4)14-21-18-46-26-17-27(43-5)30(44-6)31(45-7)28(26)29(21)37/h8-13,16-17,21,23H,14-15,18H2,1-7H3,(H,35,39)/t21?,23-/m0/s1. The third kappa shape index (κ3) is 8.24. The van der Waals surface area contributed by atoms with Gasteiger partial charge in [-0.05, 0) is 50.5 Å². The number of nitro groups is 1. The molecule has 1 N–H and O–H groups in total. The predicted molar refractivity (Wildman–Crippen MR) is 172 cm³/mol. The van der Waals surface area contributed by atoms with Gasteiger partial charge in [0.25, 0.3) is 5.69 Å². The average Bonchev–Trinajstić information content (AvgIpc) is 3.04. The van der Waals surface area contributed by atoms with Crippen molar-refractivity contribution in [3.63, 3.8) is 0 Å². The van der Waals surface area contributed by atoms with Crippen LogP contribution in [0.4, 0.5) is 10.5 Å². The number of non-ortho nitro benzene ring substituents is 1. The summed E-state index contributed by atoms with van der Waals surface area (Å²) in [6, 6.07) is 10.8. The lowest BCUT2D eigenvalue weighted by Crippen LogP contribution is -2.46. The molecule has 2 atom stereocenters. The minimum atomic E-state index is -1.24. The van der Waals surface area contributed by atoms with Gasteiger partial charge < -0.3 is 38.5 Å². The SMILES string of the molecule is COc1ccc(CC2COc3cc(OC)c(OC)c(OC)c3C2=O)cc1OC(=O)[C@H](Cc1ccc([N+](=O)[O-])cc1)NC(=O)OC(C)(C)C. The van der Waals surface area contributed by atoms with Crippen molar-refractivity contribution in [2.75, 3.05) is 35.0 Å². The molecular weight excluding hydrogens is 628 g/mol. The zero-order valence-electron chi connectivity index (χ0n) is 27.7. The van der Waals surface area contributed by atoms with Crippen molar-refractivity contribution in [3.8, 4) is 34.5 Å². The van der Waals surface area contributed by atoms with Crippen LogP contribution in [-0.4, -0.2) is 69.5 Å². The molecule has 0 aromatic heterocycles. The second kappa shape index (κ2) is 14.9. The van der Waals surface area contributed by atoms with E-state index in [2.05, 4.69) is 5.32 Å². The first-order chi connectivity index (χ1) is 22.8. The molecule has 1 amide bonds. The van der Waals surface area contributed by atoms with Crippen molar-refractivity contribution in [1.82, 2.24) is 5.32 Å². The minimum absolute atomic E-state index is 0.0493. The van der Waals surface area contributed by atoms with Crippen LogP contribution in [0, 0.1) is 16.0 Å². The highest BCUT2D eigenvalue weighted by Gasteiger charge is 2.36. The van der Waals surface area contributed by atoms with E-state index in [0.29, 0.717) is 22.6 Å². The topological polar surface area (TPSA) is 171 Å². The molecule has 3 aromatic rings. The Morgan fingerprint density at radius 2 is 1.56 bits per heavy atom. The van der Waals surface area contributed by atoms with Gasteiger partial charge >= 0.3 is 12.1 Å².